The Hall–Kier alpha value is -2.82. The first-order chi connectivity index (χ1) is 16.0. The Kier molecular flexibility index (Phi) is 4.97. The van der Waals surface area contributed by atoms with E-state index in [2.05, 4.69) is 27.5 Å². The smallest absolute Gasteiger partial charge is 0.267 e. The molecule has 0 saturated carbocycles. The largest absolute Gasteiger partial charge is 0.268 e. The highest BCUT2D eigenvalue weighted by Crippen LogP contribution is 2.38. The monoisotopic (exact) mass is 495 g/mol. The van der Waals surface area contributed by atoms with E-state index in [4.69, 9.17) is 16.6 Å². The van der Waals surface area contributed by atoms with Crippen LogP contribution in [0.15, 0.2) is 45.3 Å². The summed E-state index contributed by atoms with van der Waals surface area (Å²) in [6, 6.07) is 9.23. The van der Waals surface area contributed by atoms with Crippen molar-refractivity contribution in [2.75, 3.05) is 0 Å². The first-order valence-electron chi connectivity index (χ1n) is 10.5. The highest BCUT2D eigenvalue weighted by atomic mass is 35.5. The van der Waals surface area contributed by atoms with Crippen molar-refractivity contribution in [3.8, 4) is 5.69 Å². The second-order valence-electron chi connectivity index (χ2n) is 8.30. The Morgan fingerprint density at radius 3 is 2.97 bits per heavy atom. The summed E-state index contributed by atoms with van der Waals surface area (Å²) in [4.78, 5) is 20.9. The van der Waals surface area contributed by atoms with E-state index in [1.807, 2.05) is 31.2 Å². The van der Waals surface area contributed by atoms with Gasteiger partial charge >= 0.3 is 0 Å². The summed E-state index contributed by atoms with van der Waals surface area (Å²) in [6.07, 6.45) is 2.99. The van der Waals surface area contributed by atoms with E-state index < -0.39 is 0 Å². The Morgan fingerprint density at radius 1 is 1.24 bits per heavy atom. The predicted octanol–water partition coefficient (Wildman–Crippen LogP) is 4.52. The first-order valence-corrected chi connectivity index (χ1v) is 12.6. The first kappa shape index (κ1) is 20.8. The number of nitrogens with zero attached hydrogens (tertiary/aromatic N) is 7. The van der Waals surface area contributed by atoms with Crippen molar-refractivity contribution in [3.05, 3.63) is 61.7 Å². The highest BCUT2D eigenvalue weighted by Gasteiger charge is 2.25. The van der Waals surface area contributed by atoms with Gasteiger partial charge in [0.15, 0.2) is 10.8 Å². The Labute approximate surface area is 201 Å². The van der Waals surface area contributed by atoms with Gasteiger partial charge in [-0.15, -0.1) is 26.2 Å². The summed E-state index contributed by atoms with van der Waals surface area (Å²) in [7, 11) is 0. The summed E-state index contributed by atoms with van der Waals surface area (Å²) >= 11 is 9.37. The molecular weight excluding hydrogens is 478 g/mol. The van der Waals surface area contributed by atoms with Gasteiger partial charge in [0.05, 0.1) is 11.1 Å². The molecule has 8 nitrogen and oxygen atoms in total. The molecule has 1 unspecified atom stereocenters. The molecule has 0 bridgehead atoms. The molecule has 11 heteroatoms. The maximum Gasteiger partial charge on any atom is 0.267 e. The van der Waals surface area contributed by atoms with Gasteiger partial charge in [0, 0.05) is 9.90 Å². The van der Waals surface area contributed by atoms with Gasteiger partial charge in [-0.3, -0.25) is 9.36 Å². The lowest BCUT2D eigenvalue weighted by molar-refractivity contribution is 0.509. The van der Waals surface area contributed by atoms with Gasteiger partial charge in [-0.05, 0) is 89.7 Å². The molecule has 5 aromatic rings. The second-order valence-corrected chi connectivity index (χ2v) is 10.8. The van der Waals surface area contributed by atoms with E-state index in [-0.39, 0.29) is 5.56 Å². The molecule has 4 heterocycles. The third kappa shape index (κ3) is 3.53. The average Bonchev–Trinajstić information content (AvgIpc) is 3.39. The lowest BCUT2D eigenvalue weighted by Gasteiger charge is -2.18. The summed E-state index contributed by atoms with van der Waals surface area (Å²) in [5.41, 5.74) is 3.26. The van der Waals surface area contributed by atoms with Crippen molar-refractivity contribution >= 4 is 50.6 Å². The quantitative estimate of drug-likeness (QED) is 0.340. The molecule has 1 aromatic carbocycles. The minimum Gasteiger partial charge on any atom is -0.268 e. The third-order valence-corrected chi connectivity index (χ3v) is 8.39. The molecule has 6 rings (SSSR count). The summed E-state index contributed by atoms with van der Waals surface area (Å²) < 4.78 is 3.01. The average molecular weight is 496 g/mol. The predicted molar refractivity (Wildman–Crippen MR) is 129 cm³/mol. The van der Waals surface area contributed by atoms with Crippen LogP contribution in [0.25, 0.3) is 21.6 Å². The van der Waals surface area contributed by atoms with E-state index in [1.165, 1.54) is 21.3 Å². The zero-order valence-electron chi connectivity index (χ0n) is 17.8. The number of thiophene rings is 1. The van der Waals surface area contributed by atoms with Gasteiger partial charge in [-0.25, -0.2) is 4.98 Å². The molecule has 0 aliphatic heterocycles. The zero-order chi connectivity index (χ0) is 22.7. The lowest BCUT2D eigenvalue weighted by atomic mass is 9.89. The molecule has 0 fully saturated rings. The fourth-order valence-corrected chi connectivity index (χ4v) is 6.63. The minimum absolute atomic E-state index is 0.0713. The second kappa shape index (κ2) is 7.89. The topological polar surface area (TPSA) is 90.9 Å². The number of rotatable bonds is 3. The molecular formula is C22H18ClN7OS2. The molecule has 4 aromatic heterocycles. The summed E-state index contributed by atoms with van der Waals surface area (Å²) in [5, 5.41) is 18.3. The van der Waals surface area contributed by atoms with Crippen LogP contribution in [0.1, 0.15) is 29.3 Å². The van der Waals surface area contributed by atoms with E-state index >= 15 is 0 Å². The van der Waals surface area contributed by atoms with Gasteiger partial charge in [0.25, 0.3) is 5.56 Å². The van der Waals surface area contributed by atoms with Crippen molar-refractivity contribution in [1.82, 2.24) is 34.8 Å². The minimum atomic E-state index is -0.0713. The molecule has 33 heavy (non-hydrogen) atoms. The third-order valence-electron chi connectivity index (χ3n) is 5.95. The number of hydrogen-bond donors (Lipinski definition) is 0. The SMILES string of the molecule is Cc1ccc(-n2c(Sc3ccc4nnnn4n3)nc3sc4c(c3c2=O)CCC(C)C4)cc1Cl. The van der Waals surface area contributed by atoms with Crippen molar-refractivity contribution in [2.45, 2.75) is 43.3 Å². The lowest BCUT2D eigenvalue weighted by Crippen LogP contribution is -2.22. The van der Waals surface area contributed by atoms with Crippen LogP contribution in [0.3, 0.4) is 0 Å². The Bertz CT molecular complexity index is 1610. The molecule has 1 aliphatic rings. The van der Waals surface area contributed by atoms with E-state index in [9.17, 15) is 4.79 Å². The molecule has 0 N–H and O–H groups in total. The highest BCUT2D eigenvalue weighted by molar-refractivity contribution is 7.99. The van der Waals surface area contributed by atoms with Gasteiger partial charge in [-0.1, -0.05) is 24.6 Å². The van der Waals surface area contributed by atoms with Crippen LogP contribution in [0.2, 0.25) is 5.02 Å². The maximum absolute atomic E-state index is 13.9. The van der Waals surface area contributed by atoms with Crippen LogP contribution in [0.4, 0.5) is 0 Å². The normalized spacial score (nSPS) is 15.9. The molecule has 0 spiro atoms. The van der Waals surface area contributed by atoms with Gasteiger partial charge in [0.1, 0.15) is 9.86 Å². The number of hydrogen-bond acceptors (Lipinski definition) is 8. The van der Waals surface area contributed by atoms with Crippen LogP contribution in [0.5, 0.6) is 0 Å². The molecule has 0 amide bonds. The van der Waals surface area contributed by atoms with Crippen molar-refractivity contribution in [1.29, 1.82) is 0 Å². The molecule has 0 saturated heterocycles. The Balaban J connectivity index is 1.58. The molecule has 0 radical (unpaired) electrons. The maximum atomic E-state index is 13.9. The van der Waals surface area contributed by atoms with Crippen LogP contribution < -0.4 is 5.56 Å². The van der Waals surface area contributed by atoms with Gasteiger partial charge in [-0.2, -0.15) is 0 Å². The van der Waals surface area contributed by atoms with E-state index in [1.54, 1.807) is 22.0 Å². The van der Waals surface area contributed by atoms with Crippen LogP contribution in [-0.4, -0.2) is 34.8 Å². The number of fused-ring (bicyclic) bond motifs is 4. The van der Waals surface area contributed by atoms with Gasteiger partial charge in [0.2, 0.25) is 0 Å². The molecule has 166 valence electrons. The number of aryl methyl sites for hydroxylation is 2. The zero-order valence-corrected chi connectivity index (χ0v) is 20.2. The number of benzene rings is 1. The Morgan fingerprint density at radius 2 is 2.12 bits per heavy atom. The van der Waals surface area contributed by atoms with Gasteiger partial charge < -0.3 is 0 Å². The fourth-order valence-electron chi connectivity index (χ4n) is 4.17. The van der Waals surface area contributed by atoms with Crippen molar-refractivity contribution in [2.24, 2.45) is 5.92 Å². The van der Waals surface area contributed by atoms with Crippen LogP contribution in [-0.2, 0) is 12.8 Å². The van der Waals surface area contributed by atoms with E-state index in [0.717, 1.165) is 40.6 Å². The van der Waals surface area contributed by atoms with Crippen LogP contribution >= 0.6 is 34.7 Å². The number of aromatic nitrogens is 7. The summed E-state index contributed by atoms with van der Waals surface area (Å²) in [6.45, 7) is 4.20. The standard InChI is InChI=1S/C22H18ClN7OS2/c1-11-3-6-14-16(9-11)32-20-19(14)21(31)29(13-5-4-12(2)15(23)10-13)22(24-20)33-18-8-7-17-25-27-28-30(17)26-18/h4-5,7-8,10-11H,3,6,9H2,1-2H3. The van der Waals surface area contributed by atoms with Crippen LogP contribution in [0, 0.1) is 12.8 Å². The number of tetrazole rings is 1. The van der Waals surface area contributed by atoms with Crippen molar-refractivity contribution < 1.29 is 0 Å². The van der Waals surface area contributed by atoms with Crippen molar-refractivity contribution in [3.63, 3.8) is 0 Å². The fraction of sp³-hybridized carbons (Fsp3) is 0.273. The summed E-state index contributed by atoms with van der Waals surface area (Å²) in [5.74, 6) is 0.616. The number of halogens is 1. The molecule has 1 aliphatic carbocycles. The van der Waals surface area contributed by atoms with E-state index in [0.29, 0.717) is 32.5 Å². The molecule has 1 atom stereocenters.